The maximum absolute atomic E-state index is 13.2. The van der Waals surface area contributed by atoms with Crippen LogP contribution in [0.2, 0.25) is 0 Å². The molecule has 22 heavy (non-hydrogen) atoms. The van der Waals surface area contributed by atoms with Gasteiger partial charge < -0.3 is 4.74 Å². The second-order valence-electron chi connectivity index (χ2n) is 4.97. The van der Waals surface area contributed by atoms with Crippen LogP contribution >= 0.6 is 0 Å². The van der Waals surface area contributed by atoms with Gasteiger partial charge in [0.2, 0.25) is 0 Å². The third-order valence-corrected chi connectivity index (χ3v) is 3.71. The summed E-state index contributed by atoms with van der Waals surface area (Å²) in [4.78, 5) is 0. The summed E-state index contributed by atoms with van der Waals surface area (Å²) in [5.74, 6) is -0.200. The van der Waals surface area contributed by atoms with E-state index in [2.05, 4.69) is 5.10 Å². The summed E-state index contributed by atoms with van der Waals surface area (Å²) >= 11 is 0. The van der Waals surface area contributed by atoms with Crippen molar-refractivity contribution in [2.75, 3.05) is 12.1 Å². The van der Waals surface area contributed by atoms with E-state index in [0.717, 1.165) is 0 Å². The van der Waals surface area contributed by atoms with Gasteiger partial charge in [-0.05, 0) is 30.7 Å². The van der Waals surface area contributed by atoms with Gasteiger partial charge in [-0.1, -0.05) is 6.92 Å². The molecule has 0 amide bonds. The molecule has 0 saturated carbocycles. The standard InChI is InChI=1S/C15H16F3N3O/c1-3-12-13(8-9-19)21(20-14(12)15(16,17)18)10-4-6-11(22-2)7-5-10/h4-7,12-13H,3,8H2,1-2H3. The highest BCUT2D eigenvalue weighted by molar-refractivity contribution is 5.95. The number of hydrazone groups is 1. The molecule has 0 fully saturated rings. The Morgan fingerprint density at radius 3 is 2.41 bits per heavy atom. The zero-order chi connectivity index (χ0) is 16.3. The topological polar surface area (TPSA) is 48.6 Å². The Kier molecular flexibility index (Phi) is 4.59. The van der Waals surface area contributed by atoms with Crippen LogP contribution < -0.4 is 9.75 Å². The lowest BCUT2D eigenvalue weighted by Gasteiger charge is -2.25. The molecule has 0 aromatic heterocycles. The van der Waals surface area contributed by atoms with E-state index in [4.69, 9.17) is 10.00 Å². The third-order valence-electron chi connectivity index (χ3n) is 3.71. The zero-order valence-electron chi connectivity index (χ0n) is 12.3. The van der Waals surface area contributed by atoms with Gasteiger partial charge in [-0.2, -0.15) is 23.5 Å². The molecule has 4 nitrogen and oxygen atoms in total. The lowest BCUT2D eigenvalue weighted by Crippen LogP contribution is -2.36. The Hall–Kier alpha value is -2.23. The van der Waals surface area contributed by atoms with Gasteiger partial charge in [-0.3, -0.25) is 5.01 Å². The fourth-order valence-corrected chi connectivity index (χ4v) is 2.66. The van der Waals surface area contributed by atoms with Crippen molar-refractivity contribution in [1.82, 2.24) is 0 Å². The number of rotatable bonds is 4. The average Bonchev–Trinajstić information content (AvgIpc) is 2.86. The highest BCUT2D eigenvalue weighted by Gasteiger charge is 2.49. The first kappa shape index (κ1) is 16.1. The number of halogens is 3. The molecular formula is C15H16F3N3O. The number of hydrogen-bond acceptors (Lipinski definition) is 4. The van der Waals surface area contributed by atoms with Crippen LogP contribution in [-0.2, 0) is 0 Å². The number of methoxy groups -OCH3 is 1. The van der Waals surface area contributed by atoms with Gasteiger partial charge in [0.05, 0.1) is 31.3 Å². The van der Waals surface area contributed by atoms with Crippen molar-refractivity contribution in [3.8, 4) is 11.8 Å². The predicted octanol–water partition coefficient (Wildman–Crippen LogP) is 3.74. The first-order valence-corrected chi connectivity index (χ1v) is 6.88. The summed E-state index contributed by atoms with van der Waals surface area (Å²) in [7, 11) is 1.51. The van der Waals surface area contributed by atoms with E-state index in [1.165, 1.54) is 12.1 Å². The molecule has 7 heteroatoms. The van der Waals surface area contributed by atoms with Crippen LogP contribution in [0.3, 0.4) is 0 Å². The SMILES string of the molecule is CCC1C(C(F)(F)F)=NN(c2ccc(OC)cc2)C1CC#N. The molecule has 1 heterocycles. The Morgan fingerprint density at radius 1 is 1.32 bits per heavy atom. The van der Waals surface area contributed by atoms with Crippen LogP contribution in [0.1, 0.15) is 19.8 Å². The van der Waals surface area contributed by atoms with E-state index >= 15 is 0 Å². The molecular weight excluding hydrogens is 295 g/mol. The zero-order valence-corrected chi connectivity index (χ0v) is 12.3. The number of alkyl halides is 3. The number of nitriles is 1. The Labute approximate surface area is 126 Å². The minimum atomic E-state index is -4.49. The van der Waals surface area contributed by atoms with E-state index in [-0.39, 0.29) is 12.8 Å². The third kappa shape index (κ3) is 3.01. The number of hydrogen-bond donors (Lipinski definition) is 0. The Morgan fingerprint density at radius 2 is 1.95 bits per heavy atom. The van der Waals surface area contributed by atoms with Crippen molar-refractivity contribution in [3.05, 3.63) is 24.3 Å². The van der Waals surface area contributed by atoms with Crippen molar-refractivity contribution in [1.29, 1.82) is 5.26 Å². The van der Waals surface area contributed by atoms with Crippen LogP contribution in [0, 0.1) is 17.2 Å². The first-order chi connectivity index (χ1) is 10.4. The molecule has 0 radical (unpaired) electrons. The molecule has 1 aliphatic rings. The van der Waals surface area contributed by atoms with Crippen molar-refractivity contribution in [2.45, 2.75) is 32.0 Å². The van der Waals surface area contributed by atoms with Gasteiger partial charge in [0.1, 0.15) is 11.5 Å². The first-order valence-electron chi connectivity index (χ1n) is 6.88. The molecule has 0 bridgehead atoms. The number of anilines is 1. The fourth-order valence-electron chi connectivity index (χ4n) is 2.66. The summed E-state index contributed by atoms with van der Waals surface area (Å²) in [6, 6.07) is 7.93. The molecule has 2 unspecified atom stereocenters. The summed E-state index contributed by atoms with van der Waals surface area (Å²) in [6.07, 6.45) is -4.24. The van der Waals surface area contributed by atoms with E-state index in [0.29, 0.717) is 11.4 Å². The molecule has 1 aliphatic heterocycles. The van der Waals surface area contributed by atoms with Crippen molar-refractivity contribution >= 4 is 11.4 Å². The van der Waals surface area contributed by atoms with E-state index in [1.54, 1.807) is 31.2 Å². The molecule has 1 aromatic carbocycles. The normalized spacial score (nSPS) is 21.5. The molecule has 0 N–H and O–H groups in total. The van der Waals surface area contributed by atoms with Crippen LogP contribution in [0.4, 0.5) is 18.9 Å². The van der Waals surface area contributed by atoms with Crippen molar-refractivity contribution < 1.29 is 17.9 Å². The van der Waals surface area contributed by atoms with Gasteiger partial charge in [-0.25, -0.2) is 0 Å². The van der Waals surface area contributed by atoms with Gasteiger partial charge in [-0.15, -0.1) is 0 Å². The highest BCUT2D eigenvalue weighted by Crippen LogP contribution is 2.38. The second-order valence-corrected chi connectivity index (χ2v) is 4.97. The summed E-state index contributed by atoms with van der Waals surface area (Å²) in [6.45, 7) is 1.67. The molecule has 1 aromatic rings. The minimum absolute atomic E-state index is 0.0202. The van der Waals surface area contributed by atoms with Crippen LogP contribution in [0.5, 0.6) is 5.75 Å². The van der Waals surface area contributed by atoms with Crippen molar-refractivity contribution in [3.63, 3.8) is 0 Å². The van der Waals surface area contributed by atoms with Crippen LogP contribution in [0.15, 0.2) is 29.4 Å². The number of nitrogens with zero attached hydrogens (tertiary/aromatic N) is 3. The van der Waals surface area contributed by atoms with Crippen LogP contribution in [-0.4, -0.2) is 25.0 Å². The predicted molar refractivity (Wildman–Crippen MR) is 76.8 cm³/mol. The van der Waals surface area contributed by atoms with Crippen molar-refractivity contribution in [2.24, 2.45) is 11.0 Å². The summed E-state index contributed by atoms with van der Waals surface area (Å²) in [5, 5.41) is 14.0. The number of ether oxygens (including phenoxy) is 1. The monoisotopic (exact) mass is 311 g/mol. The smallest absolute Gasteiger partial charge is 0.431 e. The largest absolute Gasteiger partial charge is 0.497 e. The summed E-state index contributed by atoms with van der Waals surface area (Å²) < 4.78 is 44.5. The summed E-state index contributed by atoms with van der Waals surface area (Å²) in [5.41, 5.74) is -0.301. The maximum atomic E-state index is 13.2. The molecule has 0 saturated heterocycles. The van der Waals surface area contributed by atoms with Gasteiger partial charge in [0.25, 0.3) is 0 Å². The molecule has 118 valence electrons. The lowest BCUT2D eigenvalue weighted by atomic mass is 9.90. The highest BCUT2D eigenvalue weighted by atomic mass is 19.4. The quantitative estimate of drug-likeness (QED) is 0.851. The Bertz CT molecular complexity index is 590. The van der Waals surface area contributed by atoms with Crippen LogP contribution in [0.25, 0.3) is 0 Å². The van der Waals surface area contributed by atoms with Gasteiger partial charge >= 0.3 is 6.18 Å². The molecule has 0 aliphatic carbocycles. The van der Waals surface area contributed by atoms with Gasteiger partial charge in [0.15, 0.2) is 0 Å². The minimum Gasteiger partial charge on any atom is -0.497 e. The second kappa shape index (κ2) is 6.26. The molecule has 0 spiro atoms. The number of benzene rings is 1. The fraction of sp³-hybridized carbons (Fsp3) is 0.467. The van der Waals surface area contributed by atoms with E-state index < -0.39 is 23.8 Å². The van der Waals surface area contributed by atoms with Gasteiger partial charge in [0, 0.05) is 5.92 Å². The maximum Gasteiger partial charge on any atom is 0.431 e. The molecule has 2 atom stereocenters. The van der Waals surface area contributed by atoms with E-state index in [1.807, 2.05) is 6.07 Å². The molecule has 2 rings (SSSR count). The average molecular weight is 311 g/mol. The Balaban J connectivity index is 2.41. The van der Waals surface area contributed by atoms with E-state index in [9.17, 15) is 13.2 Å². The lowest BCUT2D eigenvalue weighted by molar-refractivity contribution is -0.0624.